The molecule has 6 nitrogen and oxygen atoms in total. The second kappa shape index (κ2) is 7.21. The maximum atomic E-state index is 10.9. The van der Waals surface area contributed by atoms with Gasteiger partial charge in [0.1, 0.15) is 0 Å². The minimum Gasteiger partial charge on any atom is -0.481 e. The highest BCUT2D eigenvalue weighted by Gasteiger charge is 2.25. The standard InChI is InChI=1S/C13H16N2O4.ClH/c16-13(17)10-5-7-14(8-6-10)9-11-3-1-2-4-12(11)15(18)19;/h1-4,10H,5-9H2,(H,16,17);1H. The first kappa shape index (κ1) is 16.4. The first-order valence-corrected chi connectivity index (χ1v) is 6.25. The lowest BCUT2D eigenvalue weighted by Gasteiger charge is -2.29. The molecule has 0 amide bonds. The molecule has 2 rings (SSSR count). The molecule has 1 heterocycles. The molecule has 1 N–H and O–H groups in total. The monoisotopic (exact) mass is 300 g/mol. The Bertz CT molecular complexity index is 487. The Kier molecular flexibility index (Phi) is 5.91. The van der Waals surface area contributed by atoms with Crippen LogP contribution in [0, 0.1) is 16.0 Å². The summed E-state index contributed by atoms with van der Waals surface area (Å²) in [5.41, 5.74) is 0.809. The molecule has 0 aromatic heterocycles. The number of hydrogen-bond donors (Lipinski definition) is 1. The lowest BCUT2D eigenvalue weighted by Crippen LogP contribution is -2.35. The molecule has 0 spiro atoms. The van der Waals surface area contributed by atoms with Gasteiger partial charge >= 0.3 is 5.97 Å². The second-order valence-corrected chi connectivity index (χ2v) is 4.77. The summed E-state index contributed by atoms with van der Waals surface area (Å²) in [6.45, 7) is 1.84. The van der Waals surface area contributed by atoms with Crippen LogP contribution in [0.2, 0.25) is 0 Å². The first-order valence-electron chi connectivity index (χ1n) is 6.25. The highest BCUT2D eigenvalue weighted by atomic mass is 35.5. The number of aliphatic carboxylic acids is 1. The van der Waals surface area contributed by atoms with Crippen molar-refractivity contribution in [3.63, 3.8) is 0 Å². The van der Waals surface area contributed by atoms with Gasteiger partial charge in [-0.15, -0.1) is 12.4 Å². The van der Waals surface area contributed by atoms with Crippen molar-refractivity contribution in [3.8, 4) is 0 Å². The zero-order valence-corrected chi connectivity index (χ0v) is 11.7. The number of carboxylic acids is 1. The minimum absolute atomic E-state index is 0. The van der Waals surface area contributed by atoms with Gasteiger partial charge in [0.2, 0.25) is 0 Å². The topological polar surface area (TPSA) is 83.7 Å². The molecule has 20 heavy (non-hydrogen) atoms. The second-order valence-electron chi connectivity index (χ2n) is 4.77. The van der Waals surface area contributed by atoms with E-state index in [9.17, 15) is 14.9 Å². The molecule has 0 unspecified atom stereocenters. The average Bonchev–Trinajstić information content (AvgIpc) is 2.39. The third-order valence-corrected chi connectivity index (χ3v) is 3.52. The summed E-state index contributed by atoms with van der Waals surface area (Å²) in [4.78, 5) is 23.5. The predicted molar refractivity (Wildman–Crippen MR) is 76.0 cm³/mol. The van der Waals surface area contributed by atoms with Gasteiger partial charge in [-0.25, -0.2) is 0 Å². The van der Waals surface area contributed by atoms with E-state index in [2.05, 4.69) is 4.90 Å². The van der Waals surface area contributed by atoms with Gasteiger partial charge in [-0.05, 0) is 25.9 Å². The van der Waals surface area contributed by atoms with Gasteiger partial charge < -0.3 is 5.11 Å². The van der Waals surface area contributed by atoms with Gasteiger partial charge in [0.15, 0.2) is 0 Å². The van der Waals surface area contributed by atoms with E-state index in [4.69, 9.17) is 5.11 Å². The number of hydrogen-bond acceptors (Lipinski definition) is 4. The zero-order valence-electron chi connectivity index (χ0n) is 10.9. The van der Waals surface area contributed by atoms with Crippen LogP contribution >= 0.6 is 12.4 Å². The van der Waals surface area contributed by atoms with Crippen molar-refractivity contribution >= 4 is 24.1 Å². The van der Waals surface area contributed by atoms with E-state index in [0.29, 0.717) is 38.0 Å². The van der Waals surface area contributed by atoms with Gasteiger partial charge in [-0.3, -0.25) is 19.8 Å². The molecule has 0 saturated carbocycles. The van der Waals surface area contributed by atoms with Crippen LogP contribution in [-0.2, 0) is 11.3 Å². The molecule has 0 aliphatic carbocycles. The Labute approximate surface area is 123 Å². The SMILES string of the molecule is Cl.O=C(O)C1CCN(Cc2ccccc2[N+](=O)[O-])CC1. The fraction of sp³-hybridized carbons (Fsp3) is 0.462. The summed E-state index contributed by atoms with van der Waals surface area (Å²) < 4.78 is 0. The number of para-hydroxylation sites is 1. The normalized spacial score (nSPS) is 16.4. The van der Waals surface area contributed by atoms with Gasteiger partial charge in [0, 0.05) is 18.2 Å². The number of nitro groups is 1. The molecule has 1 aliphatic heterocycles. The maximum Gasteiger partial charge on any atom is 0.306 e. The molecule has 0 bridgehead atoms. The Morgan fingerprint density at radius 1 is 1.35 bits per heavy atom. The highest BCUT2D eigenvalue weighted by molar-refractivity contribution is 5.85. The molecule has 1 aliphatic rings. The number of nitrogens with zero attached hydrogens (tertiary/aromatic N) is 2. The average molecular weight is 301 g/mol. The molecule has 0 atom stereocenters. The third-order valence-electron chi connectivity index (χ3n) is 3.52. The summed E-state index contributed by atoms with van der Waals surface area (Å²) in [5, 5.41) is 19.8. The lowest BCUT2D eigenvalue weighted by atomic mass is 9.97. The van der Waals surface area contributed by atoms with Crippen LogP contribution in [0.25, 0.3) is 0 Å². The molecule has 0 radical (unpaired) electrons. The van der Waals surface area contributed by atoms with E-state index in [1.807, 2.05) is 0 Å². The van der Waals surface area contributed by atoms with E-state index in [-0.39, 0.29) is 28.9 Å². The Morgan fingerprint density at radius 3 is 2.50 bits per heavy atom. The number of piperidine rings is 1. The van der Waals surface area contributed by atoms with Crippen LogP contribution in [0.3, 0.4) is 0 Å². The fourth-order valence-corrected chi connectivity index (χ4v) is 2.40. The number of halogens is 1. The van der Waals surface area contributed by atoms with Crippen LogP contribution in [0.4, 0.5) is 5.69 Å². The Hall–Kier alpha value is -1.66. The summed E-state index contributed by atoms with van der Waals surface area (Å²) in [6, 6.07) is 6.69. The summed E-state index contributed by atoms with van der Waals surface area (Å²) in [6.07, 6.45) is 1.21. The van der Waals surface area contributed by atoms with E-state index in [1.54, 1.807) is 18.2 Å². The van der Waals surface area contributed by atoms with Crippen LogP contribution in [0.15, 0.2) is 24.3 Å². The largest absolute Gasteiger partial charge is 0.481 e. The molecular formula is C13H17ClN2O4. The molecular weight excluding hydrogens is 284 g/mol. The van der Waals surface area contributed by atoms with Crippen molar-refractivity contribution in [3.05, 3.63) is 39.9 Å². The molecule has 1 fully saturated rings. The van der Waals surface area contributed by atoms with Gasteiger partial charge in [0.05, 0.1) is 10.8 Å². The molecule has 1 aromatic carbocycles. The summed E-state index contributed by atoms with van der Waals surface area (Å²) >= 11 is 0. The van der Waals surface area contributed by atoms with Gasteiger partial charge in [0.25, 0.3) is 5.69 Å². The van der Waals surface area contributed by atoms with E-state index in [0.717, 1.165) is 0 Å². The number of rotatable bonds is 4. The van der Waals surface area contributed by atoms with Crippen molar-refractivity contribution in [1.82, 2.24) is 4.90 Å². The predicted octanol–water partition coefficient (Wildman–Crippen LogP) is 2.31. The Morgan fingerprint density at radius 2 is 1.95 bits per heavy atom. The lowest BCUT2D eigenvalue weighted by molar-refractivity contribution is -0.385. The molecule has 1 saturated heterocycles. The molecule has 1 aromatic rings. The minimum atomic E-state index is -0.745. The zero-order chi connectivity index (χ0) is 13.8. The quantitative estimate of drug-likeness (QED) is 0.681. The van der Waals surface area contributed by atoms with Crippen molar-refractivity contribution in [2.75, 3.05) is 13.1 Å². The number of likely N-dealkylation sites (tertiary alicyclic amines) is 1. The van der Waals surface area contributed by atoms with Crippen LogP contribution in [-0.4, -0.2) is 34.0 Å². The molecule has 7 heteroatoms. The van der Waals surface area contributed by atoms with Crippen LogP contribution in [0.5, 0.6) is 0 Å². The fourth-order valence-electron chi connectivity index (χ4n) is 2.40. The van der Waals surface area contributed by atoms with Crippen molar-refractivity contribution < 1.29 is 14.8 Å². The van der Waals surface area contributed by atoms with Crippen molar-refractivity contribution in [2.24, 2.45) is 5.92 Å². The number of nitro benzene ring substituents is 1. The maximum absolute atomic E-state index is 10.9. The van der Waals surface area contributed by atoms with E-state index >= 15 is 0 Å². The van der Waals surface area contributed by atoms with Gasteiger partial charge in [-0.2, -0.15) is 0 Å². The van der Waals surface area contributed by atoms with Crippen LogP contribution in [0.1, 0.15) is 18.4 Å². The number of carbonyl (C=O) groups is 1. The molecule has 110 valence electrons. The third kappa shape index (κ3) is 3.91. The number of benzene rings is 1. The van der Waals surface area contributed by atoms with E-state index in [1.165, 1.54) is 6.07 Å². The van der Waals surface area contributed by atoms with Crippen molar-refractivity contribution in [1.29, 1.82) is 0 Å². The van der Waals surface area contributed by atoms with Crippen LogP contribution < -0.4 is 0 Å². The highest BCUT2D eigenvalue weighted by Crippen LogP contribution is 2.23. The van der Waals surface area contributed by atoms with E-state index < -0.39 is 5.97 Å². The van der Waals surface area contributed by atoms with Crippen molar-refractivity contribution in [2.45, 2.75) is 19.4 Å². The van der Waals surface area contributed by atoms with Gasteiger partial charge in [-0.1, -0.05) is 18.2 Å². The smallest absolute Gasteiger partial charge is 0.306 e. The summed E-state index contributed by atoms with van der Waals surface area (Å²) in [5.74, 6) is -1.02. The Balaban J connectivity index is 0.00000200. The first-order chi connectivity index (χ1) is 9.08. The summed E-state index contributed by atoms with van der Waals surface area (Å²) in [7, 11) is 0. The number of carboxylic acid groups (broad SMARTS) is 1.